The average molecular weight is 326 g/mol. The van der Waals surface area contributed by atoms with E-state index in [2.05, 4.69) is 20.3 Å². The zero-order valence-electron chi connectivity index (χ0n) is 13.6. The molecule has 0 aromatic carbocycles. The maximum Gasteiger partial charge on any atom is 0.259 e. The summed E-state index contributed by atoms with van der Waals surface area (Å²) in [7, 11) is 0. The van der Waals surface area contributed by atoms with E-state index in [1.165, 1.54) is 0 Å². The predicted octanol–water partition coefficient (Wildman–Crippen LogP) is 1.81. The smallest absolute Gasteiger partial charge is 0.259 e. The molecule has 1 unspecified atom stereocenters. The molecule has 1 saturated heterocycles. The Morgan fingerprint density at radius 3 is 3.04 bits per heavy atom. The number of amides is 1. The summed E-state index contributed by atoms with van der Waals surface area (Å²) < 4.78 is 7.33. The summed E-state index contributed by atoms with van der Waals surface area (Å²) in [6.45, 7) is 4.94. The summed E-state index contributed by atoms with van der Waals surface area (Å²) in [5, 5.41) is 12.2. The number of aromatic nitrogens is 5. The number of aryl methyl sites for hydroxylation is 1. The number of piperidine rings is 1. The van der Waals surface area contributed by atoms with Crippen molar-refractivity contribution in [3.63, 3.8) is 0 Å². The highest BCUT2D eigenvalue weighted by molar-refractivity contribution is 5.73. The molecule has 1 amide bonds. The highest BCUT2D eigenvalue weighted by Gasteiger charge is 2.26. The van der Waals surface area contributed by atoms with Gasteiger partial charge in [0.05, 0.1) is 5.56 Å². The second kappa shape index (κ2) is 5.70. The van der Waals surface area contributed by atoms with Crippen molar-refractivity contribution in [1.29, 1.82) is 0 Å². The van der Waals surface area contributed by atoms with Crippen LogP contribution in [0.25, 0.3) is 17.1 Å². The minimum atomic E-state index is 0.0944. The van der Waals surface area contributed by atoms with Crippen LogP contribution in [0.15, 0.2) is 22.9 Å². The molecule has 0 aliphatic carbocycles. The van der Waals surface area contributed by atoms with Gasteiger partial charge in [-0.15, -0.1) is 10.2 Å². The first kappa shape index (κ1) is 14.8. The quantitative estimate of drug-likeness (QED) is 0.713. The van der Waals surface area contributed by atoms with Crippen molar-refractivity contribution in [2.45, 2.75) is 32.6 Å². The molecular weight excluding hydrogens is 308 g/mol. The van der Waals surface area contributed by atoms with E-state index >= 15 is 0 Å². The van der Waals surface area contributed by atoms with Crippen LogP contribution in [0.3, 0.4) is 0 Å². The first-order chi connectivity index (χ1) is 11.6. The molecule has 1 atom stereocenters. The number of likely N-dealkylation sites (tertiary alicyclic amines) is 1. The molecule has 124 valence electrons. The van der Waals surface area contributed by atoms with Crippen LogP contribution >= 0.6 is 0 Å². The first-order valence-corrected chi connectivity index (χ1v) is 8.02. The van der Waals surface area contributed by atoms with E-state index in [9.17, 15) is 4.79 Å². The minimum Gasteiger partial charge on any atom is -0.342 e. The average Bonchev–Trinajstić information content (AvgIpc) is 3.22. The molecule has 4 rings (SSSR count). The largest absolute Gasteiger partial charge is 0.342 e. The van der Waals surface area contributed by atoms with Crippen LogP contribution in [-0.2, 0) is 4.79 Å². The van der Waals surface area contributed by atoms with Crippen LogP contribution in [0, 0.1) is 6.92 Å². The molecule has 8 heteroatoms. The van der Waals surface area contributed by atoms with Crippen LogP contribution in [-0.4, -0.2) is 48.6 Å². The van der Waals surface area contributed by atoms with Gasteiger partial charge in [0.1, 0.15) is 5.82 Å². The number of carbonyl (C=O) groups is 1. The van der Waals surface area contributed by atoms with Crippen LogP contribution in [0.2, 0.25) is 0 Å². The Kier molecular flexibility index (Phi) is 3.51. The predicted molar refractivity (Wildman–Crippen MR) is 85.2 cm³/mol. The fraction of sp³-hybridized carbons (Fsp3) is 0.438. The van der Waals surface area contributed by atoms with Gasteiger partial charge in [-0.1, -0.05) is 5.16 Å². The summed E-state index contributed by atoms with van der Waals surface area (Å²) in [4.78, 5) is 18.0. The Morgan fingerprint density at radius 1 is 1.33 bits per heavy atom. The number of rotatable bonds is 2. The fourth-order valence-corrected chi connectivity index (χ4v) is 3.12. The van der Waals surface area contributed by atoms with Gasteiger partial charge >= 0.3 is 0 Å². The monoisotopic (exact) mass is 326 g/mol. The lowest BCUT2D eigenvalue weighted by atomic mass is 9.97. The van der Waals surface area contributed by atoms with E-state index < -0.39 is 0 Å². The van der Waals surface area contributed by atoms with E-state index in [1.54, 1.807) is 6.92 Å². The Labute approximate surface area is 138 Å². The van der Waals surface area contributed by atoms with Crippen molar-refractivity contribution >= 4 is 11.6 Å². The molecule has 24 heavy (non-hydrogen) atoms. The van der Waals surface area contributed by atoms with Crippen molar-refractivity contribution in [2.75, 3.05) is 13.1 Å². The standard InChI is InChI=1S/C16H18N6O2/c1-10-18-19-14-6-5-13(9-22(10)14)16-17-15(20-24-16)12-4-3-7-21(8-12)11(2)23/h5-6,9,12H,3-4,7-8H2,1-2H3. The van der Waals surface area contributed by atoms with Gasteiger partial charge in [0, 0.05) is 32.1 Å². The number of fused-ring (bicyclic) bond motifs is 1. The fourth-order valence-electron chi connectivity index (χ4n) is 3.12. The molecule has 0 spiro atoms. The lowest BCUT2D eigenvalue weighted by molar-refractivity contribution is -0.130. The van der Waals surface area contributed by atoms with Crippen molar-refractivity contribution in [2.24, 2.45) is 0 Å². The van der Waals surface area contributed by atoms with Gasteiger partial charge in [-0.2, -0.15) is 4.98 Å². The second-order valence-electron chi connectivity index (χ2n) is 6.16. The van der Waals surface area contributed by atoms with Crippen molar-refractivity contribution < 1.29 is 9.32 Å². The molecule has 0 bridgehead atoms. The maximum absolute atomic E-state index is 11.6. The number of nitrogens with zero attached hydrogens (tertiary/aromatic N) is 6. The molecule has 8 nitrogen and oxygen atoms in total. The Hall–Kier alpha value is -2.77. The Morgan fingerprint density at radius 2 is 2.21 bits per heavy atom. The van der Waals surface area contributed by atoms with Gasteiger partial charge in [0.2, 0.25) is 5.91 Å². The Balaban J connectivity index is 1.61. The van der Waals surface area contributed by atoms with Gasteiger partial charge in [0.15, 0.2) is 11.5 Å². The third-order valence-corrected chi connectivity index (χ3v) is 4.49. The van der Waals surface area contributed by atoms with Gasteiger partial charge in [-0.25, -0.2) is 0 Å². The lowest BCUT2D eigenvalue weighted by Crippen LogP contribution is -2.37. The molecule has 4 heterocycles. The topological polar surface area (TPSA) is 89.4 Å². The lowest BCUT2D eigenvalue weighted by Gasteiger charge is -2.30. The Bertz CT molecular complexity index is 899. The SMILES string of the molecule is CC(=O)N1CCCC(c2noc(-c3ccc4nnc(C)n4c3)n2)C1. The van der Waals surface area contributed by atoms with Crippen molar-refractivity contribution in [1.82, 2.24) is 29.6 Å². The van der Waals surface area contributed by atoms with E-state index in [0.717, 1.165) is 36.4 Å². The molecule has 3 aromatic heterocycles. The van der Waals surface area contributed by atoms with Gasteiger partial charge in [-0.3, -0.25) is 9.20 Å². The molecule has 3 aromatic rings. The van der Waals surface area contributed by atoms with E-state index in [1.807, 2.05) is 34.6 Å². The molecule has 0 radical (unpaired) electrons. The number of hydrogen-bond donors (Lipinski definition) is 0. The summed E-state index contributed by atoms with van der Waals surface area (Å²) in [5.74, 6) is 2.16. The zero-order chi connectivity index (χ0) is 16.7. The first-order valence-electron chi connectivity index (χ1n) is 8.02. The summed E-state index contributed by atoms with van der Waals surface area (Å²) in [6.07, 6.45) is 3.82. The van der Waals surface area contributed by atoms with E-state index in [0.29, 0.717) is 18.3 Å². The molecule has 0 N–H and O–H groups in total. The summed E-state index contributed by atoms with van der Waals surface area (Å²) in [5.41, 5.74) is 1.60. The van der Waals surface area contributed by atoms with Crippen molar-refractivity contribution in [3.8, 4) is 11.5 Å². The second-order valence-corrected chi connectivity index (χ2v) is 6.16. The maximum atomic E-state index is 11.6. The number of hydrogen-bond acceptors (Lipinski definition) is 6. The molecule has 1 aliphatic heterocycles. The molecule has 1 aliphatic rings. The van der Waals surface area contributed by atoms with E-state index in [-0.39, 0.29) is 11.8 Å². The molecular formula is C16H18N6O2. The van der Waals surface area contributed by atoms with E-state index in [4.69, 9.17) is 4.52 Å². The van der Waals surface area contributed by atoms with Gasteiger partial charge in [0.25, 0.3) is 5.89 Å². The van der Waals surface area contributed by atoms with Gasteiger partial charge in [-0.05, 0) is 31.9 Å². The van der Waals surface area contributed by atoms with Crippen LogP contribution in [0.1, 0.15) is 37.3 Å². The molecule has 0 saturated carbocycles. The third kappa shape index (κ3) is 2.53. The van der Waals surface area contributed by atoms with Gasteiger partial charge < -0.3 is 9.42 Å². The number of carbonyl (C=O) groups excluding carboxylic acids is 1. The third-order valence-electron chi connectivity index (χ3n) is 4.49. The summed E-state index contributed by atoms with van der Waals surface area (Å²) >= 11 is 0. The normalized spacial score (nSPS) is 18.2. The van der Waals surface area contributed by atoms with Crippen LogP contribution < -0.4 is 0 Å². The highest BCUT2D eigenvalue weighted by Crippen LogP contribution is 2.27. The minimum absolute atomic E-state index is 0.0944. The molecule has 1 fully saturated rings. The van der Waals surface area contributed by atoms with Crippen molar-refractivity contribution in [3.05, 3.63) is 30.0 Å². The van der Waals surface area contributed by atoms with Crippen LogP contribution in [0.5, 0.6) is 0 Å². The highest BCUT2D eigenvalue weighted by atomic mass is 16.5. The number of pyridine rings is 1. The van der Waals surface area contributed by atoms with Crippen LogP contribution in [0.4, 0.5) is 0 Å². The zero-order valence-corrected chi connectivity index (χ0v) is 13.6. The summed E-state index contributed by atoms with van der Waals surface area (Å²) in [6, 6.07) is 3.76.